The minimum Gasteiger partial charge on any atom is -0.327 e. The van der Waals surface area contributed by atoms with Crippen LogP contribution in [0.25, 0.3) is 0 Å². The topological polar surface area (TPSA) is 60.9 Å². The average Bonchev–Trinajstić information content (AvgIpc) is 2.46. The first-order chi connectivity index (χ1) is 6.56. The van der Waals surface area contributed by atoms with Crippen molar-refractivity contribution in [3.8, 4) is 0 Å². The number of aromatic nitrogens is 2. The van der Waals surface area contributed by atoms with Crippen molar-refractivity contribution in [3.05, 3.63) is 16.9 Å². The van der Waals surface area contributed by atoms with Crippen LogP contribution in [0.5, 0.6) is 0 Å². The third-order valence-corrected chi connectivity index (χ3v) is 2.41. The third-order valence-electron chi connectivity index (χ3n) is 2.13. The van der Waals surface area contributed by atoms with E-state index in [1.165, 1.54) is 10.9 Å². The molecule has 0 aliphatic rings. The van der Waals surface area contributed by atoms with Gasteiger partial charge in [0, 0.05) is 19.5 Å². The SMILES string of the molecule is CCC(N)CC(=O)c1c(Cl)cnn1C. The second kappa shape index (κ2) is 4.57. The number of halogens is 1. The Morgan fingerprint density at radius 2 is 2.43 bits per heavy atom. The molecule has 0 saturated heterocycles. The Morgan fingerprint density at radius 3 is 2.86 bits per heavy atom. The highest BCUT2D eigenvalue weighted by atomic mass is 35.5. The van der Waals surface area contributed by atoms with Crippen molar-refractivity contribution in [1.29, 1.82) is 0 Å². The highest BCUT2D eigenvalue weighted by Gasteiger charge is 2.17. The number of rotatable bonds is 4. The number of hydrogen-bond acceptors (Lipinski definition) is 3. The zero-order valence-corrected chi connectivity index (χ0v) is 9.08. The lowest BCUT2D eigenvalue weighted by atomic mass is 10.1. The summed E-state index contributed by atoms with van der Waals surface area (Å²) in [6.07, 6.45) is 2.56. The van der Waals surface area contributed by atoms with Crippen LogP contribution in [0, 0.1) is 0 Å². The number of carbonyl (C=O) groups is 1. The molecule has 0 saturated carbocycles. The molecule has 5 heteroatoms. The lowest BCUT2D eigenvalue weighted by Crippen LogP contribution is -2.23. The van der Waals surface area contributed by atoms with Crippen LogP contribution in [0.3, 0.4) is 0 Å². The van der Waals surface area contributed by atoms with Crippen LogP contribution in [0.2, 0.25) is 5.02 Å². The molecule has 1 heterocycles. The minimum atomic E-state index is -0.103. The molecule has 0 amide bonds. The molecule has 4 nitrogen and oxygen atoms in total. The van der Waals surface area contributed by atoms with Gasteiger partial charge in [-0.3, -0.25) is 9.48 Å². The molecule has 1 aromatic rings. The number of aryl methyl sites for hydroxylation is 1. The molecule has 0 bridgehead atoms. The van der Waals surface area contributed by atoms with Gasteiger partial charge in [0.25, 0.3) is 0 Å². The van der Waals surface area contributed by atoms with E-state index in [4.69, 9.17) is 17.3 Å². The molecular weight excluding hydrogens is 202 g/mol. The summed E-state index contributed by atoms with van der Waals surface area (Å²) in [4.78, 5) is 11.7. The number of nitrogens with two attached hydrogens (primary N) is 1. The third kappa shape index (κ3) is 2.33. The molecular formula is C9H14ClN3O. The predicted octanol–water partition coefficient (Wildman–Crippen LogP) is 1.38. The molecule has 0 fully saturated rings. The zero-order chi connectivity index (χ0) is 10.7. The number of hydrogen-bond donors (Lipinski definition) is 1. The molecule has 0 aromatic carbocycles. The van der Waals surface area contributed by atoms with Crippen molar-refractivity contribution in [2.45, 2.75) is 25.8 Å². The van der Waals surface area contributed by atoms with Gasteiger partial charge in [-0.2, -0.15) is 5.10 Å². The first kappa shape index (κ1) is 11.2. The Kier molecular flexibility index (Phi) is 3.66. The van der Waals surface area contributed by atoms with E-state index in [2.05, 4.69) is 5.10 Å². The van der Waals surface area contributed by atoms with E-state index in [1.807, 2.05) is 6.92 Å². The summed E-state index contributed by atoms with van der Waals surface area (Å²) in [6.45, 7) is 1.95. The van der Waals surface area contributed by atoms with E-state index < -0.39 is 0 Å². The van der Waals surface area contributed by atoms with E-state index >= 15 is 0 Å². The van der Waals surface area contributed by atoms with Crippen LogP contribution < -0.4 is 5.73 Å². The molecule has 78 valence electrons. The van der Waals surface area contributed by atoms with Gasteiger partial charge in [0.2, 0.25) is 0 Å². The van der Waals surface area contributed by atoms with Gasteiger partial charge in [-0.15, -0.1) is 0 Å². The number of carbonyl (C=O) groups excluding carboxylic acids is 1. The summed E-state index contributed by atoms with van der Waals surface area (Å²) in [7, 11) is 1.69. The quantitative estimate of drug-likeness (QED) is 0.772. The summed E-state index contributed by atoms with van der Waals surface area (Å²) >= 11 is 5.82. The Bertz CT molecular complexity index is 315. The Balaban J connectivity index is 2.79. The number of nitrogens with zero attached hydrogens (tertiary/aromatic N) is 2. The second-order valence-electron chi connectivity index (χ2n) is 3.26. The normalized spacial score (nSPS) is 12.9. The lowest BCUT2D eigenvalue weighted by Gasteiger charge is -2.07. The minimum absolute atomic E-state index is 0.0515. The maximum atomic E-state index is 11.7. The Morgan fingerprint density at radius 1 is 1.79 bits per heavy atom. The van der Waals surface area contributed by atoms with Gasteiger partial charge in [-0.25, -0.2) is 0 Å². The highest BCUT2D eigenvalue weighted by molar-refractivity contribution is 6.33. The monoisotopic (exact) mass is 215 g/mol. The number of Topliss-reactive ketones (excluding diaryl/α,β-unsaturated/α-hetero) is 1. The molecule has 2 N–H and O–H groups in total. The summed E-state index contributed by atoms with van der Waals surface area (Å²) in [5.74, 6) is -0.0515. The van der Waals surface area contributed by atoms with Gasteiger partial charge >= 0.3 is 0 Å². The maximum absolute atomic E-state index is 11.7. The molecule has 0 radical (unpaired) electrons. The van der Waals surface area contributed by atoms with E-state index in [0.29, 0.717) is 17.1 Å². The van der Waals surface area contributed by atoms with Gasteiger partial charge in [-0.1, -0.05) is 18.5 Å². The fourth-order valence-corrected chi connectivity index (χ4v) is 1.47. The summed E-state index contributed by atoms with van der Waals surface area (Å²) < 4.78 is 1.48. The van der Waals surface area contributed by atoms with Crippen molar-refractivity contribution in [3.63, 3.8) is 0 Å². The van der Waals surface area contributed by atoms with Gasteiger partial charge < -0.3 is 5.73 Å². The standard InChI is InChI=1S/C9H14ClN3O/c1-3-6(11)4-8(14)9-7(10)5-12-13(9)2/h5-6H,3-4,11H2,1-2H3. The van der Waals surface area contributed by atoms with Crippen LogP contribution in [-0.2, 0) is 7.05 Å². The summed E-state index contributed by atoms with van der Waals surface area (Å²) in [6, 6.07) is -0.103. The first-order valence-corrected chi connectivity index (χ1v) is 4.90. The fraction of sp³-hybridized carbons (Fsp3) is 0.556. The van der Waals surface area contributed by atoms with E-state index in [1.54, 1.807) is 7.05 Å². The van der Waals surface area contributed by atoms with Gasteiger partial charge in [0.15, 0.2) is 5.78 Å². The van der Waals surface area contributed by atoms with Crippen molar-refractivity contribution < 1.29 is 4.79 Å². The fourth-order valence-electron chi connectivity index (χ4n) is 1.20. The lowest BCUT2D eigenvalue weighted by molar-refractivity contribution is 0.0965. The van der Waals surface area contributed by atoms with E-state index in [-0.39, 0.29) is 11.8 Å². The van der Waals surface area contributed by atoms with Crippen LogP contribution in [0.4, 0.5) is 0 Å². The summed E-state index contributed by atoms with van der Waals surface area (Å²) in [5.41, 5.74) is 6.13. The predicted molar refractivity (Wildman–Crippen MR) is 55.4 cm³/mol. The molecule has 0 aliphatic carbocycles. The summed E-state index contributed by atoms with van der Waals surface area (Å²) in [5, 5.41) is 4.28. The Labute approximate surface area is 88.0 Å². The first-order valence-electron chi connectivity index (χ1n) is 4.52. The molecule has 1 atom stereocenters. The van der Waals surface area contributed by atoms with E-state index in [9.17, 15) is 4.79 Å². The van der Waals surface area contributed by atoms with Crippen molar-refractivity contribution >= 4 is 17.4 Å². The zero-order valence-electron chi connectivity index (χ0n) is 8.33. The van der Waals surface area contributed by atoms with Gasteiger partial charge in [0.05, 0.1) is 11.2 Å². The van der Waals surface area contributed by atoms with Crippen LogP contribution >= 0.6 is 11.6 Å². The Hall–Kier alpha value is -0.870. The molecule has 1 aromatic heterocycles. The second-order valence-corrected chi connectivity index (χ2v) is 3.67. The van der Waals surface area contributed by atoms with Crippen molar-refractivity contribution in [1.82, 2.24) is 9.78 Å². The highest BCUT2D eigenvalue weighted by Crippen LogP contribution is 2.16. The maximum Gasteiger partial charge on any atom is 0.183 e. The van der Waals surface area contributed by atoms with Crippen LogP contribution in [0.1, 0.15) is 30.3 Å². The molecule has 1 unspecified atom stereocenters. The van der Waals surface area contributed by atoms with Gasteiger partial charge in [-0.05, 0) is 6.42 Å². The number of ketones is 1. The molecule has 1 rings (SSSR count). The van der Waals surface area contributed by atoms with E-state index in [0.717, 1.165) is 6.42 Å². The largest absolute Gasteiger partial charge is 0.327 e. The van der Waals surface area contributed by atoms with Crippen LogP contribution in [0.15, 0.2) is 6.20 Å². The smallest absolute Gasteiger partial charge is 0.183 e. The average molecular weight is 216 g/mol. The van der Waals surface area contributed by atoms with Crippen molar-refractivity contribution in [2.75, 3.05) is 0 Å². The van der Waals surface area contributed by atoms with Gasteiger partial charge in [0.1, 0.15) is 5.69 Å². The molecule has 0 aliphatic heterocycles. The van der Waals surface area contributed by atoms with Crippen molar-refractivity contribution in [2.24, 2.45) is 12.8 Å². The molecule has 14 heavy (non-hydrogen) atoms. The van der Waals surface area contributed by atoms with Crippen LogP contribution in [-0.4, -0.2) is 21.6 Å². The molecule has 0 spiro atoms.